The summed E-state index contributed by atoms with van der Waals surface area (Å²) in [5, 5.41) is 9.62. The highest BCUT2D eigenvalue weighted by Crippen LogP contribution is 2.07. The fraction of sp³-hybridized carbons (Fsp3) is 1.00. The summed E-state index contributed by atoms with van der Waals surface area (Å²) >= 11 is 0. The fourth-order valence-corrected chi connectivity index (χ4v) is 2.06. The van der Waals surface area contributed by atoms with Crippen molar-refractivity contribution in [2.24, 2.45) is 0 Å². The largest absolute Gasteiger partial charge is 0.389 e. The number of hydrogen-bond acceptors (Lipinski definition) is 3. The van der Waals surface area contributed by atoms with E-state index in [2.05, 4.69) is 16.8 Å². The Morgan fingerprint density at radius 1 is 1.29 bits per heavy atom. The SMILES string of the molecule is CN(CCN1CCCC1)CC(C)(C)O. The minimum atomic E-state index is -0.570. The molecule has 1 saturated heterocycles. The van der Waals surface area contributed by atoms with E-state index >= 15 is 0 Å². The Hall–Kier alpha value is -0.120. The number of hydrogen-bond donors (Lipinski definition) is 1. The van der Waals surface area contributed by atoms with Crippen LogP contribution in [0, 0.1) is 0 Å². The Morgan fingerprint density at radius 2 is 1.86 bits per heavy atom. The van der Waals surface area contributed by atoms with Crippen molar-refractivity contribution in [3.63, 3.8) is 0 Å². The molecule has 0 spiro atoms. The molecule has 0 aromatic rings. The average molecular weight is 200 g/mol. The molecule has 1 aliphatic heterocycles. The molecule has 1 N–H and O–H groups in total. The van der Waals surface area contributed by atoms with Crippen LogP contribution in [0.5, 0.6) is 0 Å². The van der Waals surface area contributed by atoms with Crippen LogP contribution in [0.15, 0.2) is 0 Å². The number of rotatable bonds is 5. The van der Waals surface area contributed by atoms with E-state index in [4.69, 9.17) is 0 Å². The monoisotopic (exact) mass is 200 g/mol. The molecule has 1 rings (SSSR count). The van der Waals surface area contributed by atoms with Gasteiger partial charge in [-0.3, -0.25) is 0 Å². The van der Waals surface area contributed by atoms with Gasteiger partial charge in [0.25, 0.3) is 0 Å². The van der Waals surface area contributed by atoms with E-state index in [0.29, 0.717) is 0 Å². The second-order valence-corrected chi connectivity index (χ2v) is 5.10. The number of likely N-dealkylation sites (N-methyl/N-ethyl adjacent to an activating group) is 1. The third-order valence-electron chi connectivity index (χ3n) is 2.65. The first-order valence-electron chi connectivity index (χ1n) is 5.61. The molecule has 3 nitrogen and oxygen atoms in total. The Morgan fingerprint density at radius 3 is 2.36 bits per heavy atom. The molecule has 0 aromatic carbocycles. The van der Waals surface area contributed by atoms with Crippen molar-refractivity contribution < 1.29 is 5.11 Å². The predicted molar refractivity (Wildman–Crippen MR) is 59.5 cm³/mol. The van der Waals surface area contributed by atoms with Gasteiger partial charge in [-0.1, -0.05) is 0 Å². The van der Waals surface area contributed by atoms with Crippen molar-refractivity contribution in [3.8, 4) is 0 Å². The van der Waals surface area contributed by atoms with Gasteiger partial charge in [0.15, 0.2) is 0 Å². The predicted octanol–water partition coefficient (Wildman–Crippen LogP) is 0.785. The Bertz CT molecular complexity index is 159. The summed E-state index contributed by atoms with van der Waals surface area (Å²) in [5.41, 5.74) is -0.570. The quantitative estimate of drug-likeness (QED) is 0.710. The van der Waals surface area contributed by atoms with E-state index in [-0.39, 0.29) is 0 Å². The van der Waals surface area contributed by atoms with Gasteiger partial charge in [0, 0.05) is 19.6 Å². The van der Waals surface area contributed by atoms with Crippen LogP contribution in [0.4, 0.5) is 0 Å². The molecule has 1 heterocycles. The molecule has 0 saturated carbocycles. The molecule has 0 amide bonds. The summed E-state index contributed by atoms with van der Waals surface area (Å²) in [6.45, 7) is 9.20. The second kappa shape index (κ2) is 5.10. The standard InChI is InChI=1S/C11H24N2O/c1-11(2,14)10-12(3)8-9-13-6-4-5-7-13/h14H,4-10H2,1-3H3. The molecule has 0 bridgehead atoms. The fourth-order valence-electron chi connectivity index (χ4n) is 2.06. The maximum absolute atomic E-state index is 9.62. The highest BCUT2D eigenvalue weighted by atomic mass is 16.3. The minimum Gasteiger partial charge on any atom is -0.389 e. The topological polar surface area (TPSA) is 26.7 Å². The first kappa shape index (κ1) is 12.0. The van der Waals surface area contributed by atoms with Gasteiger partial charge < -0.3 is 14.9 Å². The first-order valence-corrected chi connectivity index (χ1v) is 5.61. The maximum atomic E-state index is 9.62. The molecular formula is C11H24N2O. The van der Waals surface area contributed by atoms with Crippen molar-refractivity contribution >= 4 is 0 Å². The summed E-state index contributed by atoms with van der Waals surface area (Å²) in [7, 11) is 2.08. The van der Waals surface area contributed by atoms with Gasteiger partial charge in [0.05, 0.1) is 5.60 Å². The highest BCUT2D eigenvalue weighted by molar-refractivity contribution is 4.72. The van der Waals surface area contributed by atoms with Crippen molar-refractivity contribution in [2.45, 2.75) is 32.3 Å². The number of likely N-dealkylation sites (tertiary alicyclic amines) is 1. The van der Waals surface area contributed by atoms with Gasteiger partial charge in [-0.2, -0.15) is 0 Å². The third-order valence-corrected chi connectivity index (χ3v) is 2.65. The molecule has 0 unspecified atom stereocenters. The van der Waals surface area contributed by atoms with Crippen LogP contribution < -0.4 is 0 Å². The number of nitrogens with zero attached hydrogens (tertiary/aromatic N) is 2. The molecule has 1 fully saturated rings. The van der Waals surface area contributed by atoms with Gasteiger partial charge in [0.1, 0.15) is 0 Å². The zero-order chi connectivity index (χ0) is 10.6. The van der Waals surface area contributed by atoms with Gasteiger partial charge >= 0.3 is 0 Å². The first-order chi connectivity index (χ1) is 6.47. The molecule has 0 atom stereocenters. The Labute approximate surface area is 87.7 Å². The molecule has 84 valence electrons. The lowest BCUT2D eigenvalue weighted by Crippen LogP contribution is -2.40. The van der Waals surface area contributed by atoms with Gasteiger partial charge in [0.2, 0.25) is 0 Å². The van der Waals surface area contributed by atoms with Crippen LogP contribution in [0.2, 0.25) is 0 Å². The van der Waals surface area contributed by atoms with Gasteiger partial charge in [-0.25, -0.2) is 0 Å². The van der Waals surface area contributed by atoms with E-state index in [1.165, 1.54) is 25.9 Å². The Balaban J connectivity index is 2.11. The smallest absolute Gasteiger partial charge is 0.0718 e. The van der Waals surface area contributed by atoms with Crippen molar-refractivity contribution in [1.29, 1.82) is 0 Å². The zero-order valence-corrected chi connectivity index (χ0v) is 9.79. The number of aliphatic hydroxyl groups is 1. The van der Waals surface area contributed by atoms with Gasteiger partial charge in [-0.15, -0.1) is 0 Å². The van der Waals surface area contributed by atoms with Crippen LogP contribution in [0.25, 0.3) is 0 Å². The molecular weight excluding hydrogens is 176 g/mol. The average Bonchev–Trinajstić information content (AvgIpc) is 2.49. The third kappa shape index (κ3) is 4.94. The van der Waals surface area contributed by atoms with Crippen LogP contribution in [0.3, 0.4) is 0 Å². The molecule has 14 heavy (non-hydrogen) atoms. The molecule has 0 radical (unpaired) electrons. The van der Waals surface area contributed by atoms with Crippen LogP contribution in [-0.2, 0) is 0 Å². The summed E-state index contributed by atoms with van der Waals surface area (Å²) in [4.78, 5) is 4.71. The van der Waals surface area contributed by atoms with Crippen LogP contribution >= 0.6 is 0 Å². The summed E-state index contributed by atoms with van der Waals surface area (Å²) < 4.78 is 0. The summed E-state index contributed by atoms with van der Waals surface area (Å²) in [6.07, 6.45) is 2.71. The molecule has 1 aliphatic rings. The normalized spacial score (nSPS) is 19.5. The summed E-state index contributed by atoms with van der Waals surface area (Å²) in [6, 6.07) is 0. The van der Waals surface area contributed by atoms with Crippen molar-refractivity contribution in [2.75, 3.05) is 39.8 Å². The van der Waals surface area contributed by atoms with E-state index in [0.717, 1.165) is 19.6 Å². The Kier molecular flexibility index (Phi) is 4.35. The van der Waals surface area contributed by atoms with Crippen molar-refractivity contribution in [1.82, 2.24) is 9.80 Å². The second-order valence-electron chi connectivity index (χ2n) is 5.10. The minimum absolute atomic E-state index is 0.570. The van der Waals surface area contributed by atoms with Crippen LogP contribution in [-0.4, -0.2) is 60.3 Å². The van der Waals surface area contributed by atoms with E-state index in [1.54, 1.807) is 0 Å². The van der Waals surface area contributed by atoms with E-state index in [9.17, 15) is 5.11 Å². The van der Waals surface area contributed by atoms with E-state index < -0.39 is 5.60 Å². The van der Waals surface area contributed by atoms with E-state index in [1.807, 2.05) is 13.8 Å². The lowest BCUT2D eigenvalue weighted by molar-refractivity contribution is 0.0424. The van der Waals surface area contributed by atoms with Gasteiger partial charge in [-0.05, 0) is 46.8 Å². The summed E-state index contributed by atoms with van der Waals surface area (Å²) in [5.74, 6) is 0. The highest BCUT2D eigenvalue weighted by Gasteiger charge is 2.17. The lowest BCUT2D eigenvalue weighted by Gasteiger charge is -2.27. The molecule has 3 heteroatoms. The van der Waals surface area contributed by atoms with Crippen LogP contribution in [0.1, 0.15) is 26.7 Å². The molecule has 0 aromatic heterocycles. The van der Waals surface area contributed by atoms with Crippen molar-refractivity contribution in [3.05, 3.63) is 0 Å². The zero-order valence-electron chi connectivity index (χ0n) is 9.79. The lowest BCUT2D eigenvalue weighted by atomic mass is 10.1. The maximum Gasteiger partial charge on any atom is 0.0718 e. The molecule has 0 aliphatic carbocycles.